The van der Waals surface area contributed by atoms with Crippen molar-refractivity contribution in [2.75, 3.05) is 4.90 Å². The van der Waals surface area contributed by atoms with Crippen molar-refractivity contribution in [2.45, 2.75) is 26.3 Å². The fourth-order valence-electron chi connectivity index (χ4n) is 4.42. The summed E-state index contributed by atoms with van der Waals surface area (Å²) in [7, 11) is 0. The van der Waals surface area contributed by atoms with Crippen molar-refractivity contribution >= 4 is 28.8 Å². The van der Waals surface area contributed by atoms with Gasteiger partial charge in [-0.2, -0.15) is 0 Å². The smallest absolute Gasteiger partial charge is 0.0633 e. The van der Waals surface area contributed by atoms with Crippen molar-refractivity contribution in [1.29, 1.82) is 0 Å². The van der Waals surface area contributed by atoms with Gasteiger partial charge in [0.05, 0.1) is 6.04 Å². The first-order valence-corrected chi connectivity index (χ1v) is 10.9. The summed E-state index contributed by atoms with van der Waals surface area (Å²) in [6.07, 6.45) is 7.01. The van der Waals surface area contributed by atoms with Crippen molar-refractivity contribution in [1.82, 2.24) is 0 Å². The van der Waals surface area contributed by atoms with Crippen LogP contribution in [0, 0.1) is 0 Å². The average molecular weight is 408 g/mol. The summed E-state index contributed by atoms with van der Waals surface area (Å²) < 4.78 is 0. The third-order valence-electron chi connectivity index (χ3n) is 5.79. The van der Waals surface area contributed by atoms with Gasteiger partial charge in [-0.05, 0) is 47.1 Å². The summed E-state index contributed by atoms with van der Waals surface area (Å²) in [6.45, 7) is 4.00. The van der Waals surface area contributed by atoms with Crippen LogP contribution in [-0.2, 0) is 0 Å². The van der Waals surface area contributed by atoms with Gasteiger partial charge in [0.15, 0.2) is 0 Å². The first kappa shape index (κ1) is 20.5. The molecule has 1 aliphatic carbocycles. The summed E-state index contributed by atoms with van der Waals surface area (Å²) in [5, 5.41) is 1.92. The fraction of sp³-hybridized carbons (Fsp3) is 0.143. The highest BCUT2D eigenvalue weighted by Gasteiger charge is 2.35. The van der Waals surface area contributed by atoms with E-state index in [4.69, 9.17) is 11.5 Å². The van der Waals surface area contributed by atoms with E-state index < -0.39 is 0 Å². The van der Waals surface area contributed by atoms with Crippen LogP contribution in [0.4, 0.5) is 11.4 Å². The molecule has 3 aromatic carbocycles. The lowest BCUT2D eigenvalue weighted by Crippen LogP contribution is -2.32. The van der Waals surface area contributed by atoms with Crippen LogP contribution in [0.25, 0.3) is 17.5 Å². The molecule has 0 aromatic heterocycles. The molecule has 0 bridgehead atoms. The Hall–Kier alpha value is -3.72. The third kappa shape index (κ3) is 3.64. The Morgan fingerprint density at radius 1 is 0.903 bits per heavy atom. The lowest BCUT2D eigenvalue weighted by atomic mass is 9.90. The summed E-state index contributed by atoms with van der Waals surface area (Å²) in [6, 6.07) is 27.5. The summed E-state index contributed by atoms with van der Waals surface area (Å²) in [5.41, 5.74) is 19.3. The lowest BCUT2D eigenvalue weighted by Gasteiger charge is -2.29. The number of hydrogen-bond donors (Lipinski definition) is 2. The van der Waals surface area contributed by atoms with Gasteiger partial charge in [0.25, 0.3) is 0 Å². The topological polar surface area (TPSA) is 55.3 Å². The van der Waals surface area contributed by atoms with Crippen molar-refractivity contribution < 1.29 is 0 Å². The summed E-state index contributed by atoms with van der Waals surface area (Å²) in [5.74, 6) is 0. The number of fused-ring (bicyclic) bond motifs is 3. The molecule has 0 amide bonds. The van der Waals surface area contributed by atoms with Crippen LogP contribution < -0.4 is 26.8 Å². The minimum atomic E-state index is 0.280. The van der Waals surface area contributed by atoms with Gasteiger partial charge in [-0.3, -0.25) is 0 Å². The van der Waals surface area contributed by atoms with Crippen molar-refractivity contribution in [2.24, 2.45) is 11.5 Å². The molecule has 0 radical (unpaired) electrons. The summed E-state index contributed by atoms with van der Waals surface area (Å²) >= 11 is 0. The van der Waals surface area contributed by atoms with E-state index in [1.165, 1.54) is 22.5 Å². The minimum Gasteiger partial charge on any atom is -0.404 e. The third-order valence-corrected chi connectivity index (χ3v) is 5.79. The highest BCUT2D eigenvalue weighted by Crippen LogP contribution is 2.48. The molecule has 5 rings (SSSR count). The molecule has 0 fully saturated rings. The van der Waals surface area contributed by atoms with Gasteiger partial charge in [0, 0.05) is 34.1 Å². The zero-order valence-electron chi connectivity index (χ0n) is 18.1. The Morgan fingerprint density at radius 2 is 1.58 bits per heavy atom. The number of anilines is 2. The van der Waals surface area contributed by atoms with E-state index in [-0.39, 0.29) is 6.04 Å². The van der Waals surface area contributed by atoms with Gasteiger partial charge in [-0.15, -0.1) is 0 Å². The normalized spacial score (nSPS) is 18.2. The average Bonchev–Trinajstić information content (AvgIpc) is 3.19. The second-order valence-corrected chi connectivity index (χ2v) is 7.40. The van der Waals surface area contributed by atoms with E-state index in [2.05, 4.69) is 71.6 Å². The number of para-hydroxylation sites is 2. The zero-order valence-corrected chi connectivity index (χ0v) is 18.1. The zero-order chi connectivity index (χ0) is 21.8. The Balaban J connectivity index is 0.00000112. The van der Waals surface area contributed by atoms with E-state index >= 15 is 0 Å². The highest BCUT2D eigenvalue weighted by molar-refractivity contribution is 5.95. The number of rotatable bonds is 2. The maximum absolute atomic E-state index is 6.61. The summed E-state index contributed by atoms with van der Waals surface area (Å²) in [4.78, 5) is 2.44. The van der Waals surface area contributed by atoms with Gasteiger partial charge in [0.1, 0.15) is 0 Å². The molecule has 0 saturated heterocycles. The van der Waals surface area contributed by atoms with Gasteiger partial charge in [0.2, 0.25) is 0 Å². The standard InChI is InChI=1S/C26H23N3.C2H6/c27-17-19-8-4-5-11-21(19)26(28)18-14-15-25-23(16-18)22-12-6-7-13-24(22)29(25)20-9-2-1-3-10-20;1-2/h1-14,16-17,25H,15,27-28H2;1-2H3/b19-17-,26-21-;. The molecule has 3 nitrogen and oxygen atoms in total. The number of nitrogens with zero attached hydrogens (tertiary/aromatic N) is 1. The molecule has 3 aromatic rings. The van der Waals surface area contributed by atoms with E-state index in [9.17, 15) is 0 Å². The number of benzene rings is 3. The van der Waals surface area contributed by atoms with E-state index in [0.717, 1.165) is 28.1 Å². The quantitative estimate of drug-likeness (QED) is 0.662. The minimum absolute atomic E-state index is 0.280. The second kappa shape index (κ2) is 8.97. The molecule has 31 heavy (non-hydrogen) atoms. The van der Waals surface area contributed by atoms with E-state index in [1.54, 1.807) is 6.20 Å². The first-order chi connectivity index (χ1) is 15.3. The maximum atomic E-state index is 6.61. The van der Waals surface area contributed by atoms with Crippen LogP contribution in [0.1, 0.15) is 25.8 Å². The molecule has 1 aliphatic heterocycles. The molecule has 156 valence electrons. The van der Waals surface area contributed by atoms with E-state index in [1.807, 2.05) is 38.1 Å². The van der Waals surface area contributed by atoms with Gasteiger partial charge >= 0.3 is 0 Å². The molecular formula is C28H29N3. The van der Waals surface area contributed by atoms with Crippen molar-refractivity contribution in [3.63, 3.8) is 0 Å². The second-order valence-electron chi connectivity index (χ2n) is 7.40. The molecule has 1 heterocycles. The first-order valence-electron chi connectivity index (χ1n) is 10.9. The van der Waals surface area contributed by atoms with Crippen molar-refractivity contribution in [3.8, 4) is 0 Å². The van der Waals surface area contributed by atoms with Crippen LogP contribution in [0.3, 0.4) is 0 Å². The van der Waals surface area contributed by atoms with Crippen LogP contribution in [-0.4, -0.2) is 6.04 Å². The molecule has 4 N–H and O–H groups in total. The van der Waals surface area contributed by atoms with Gasteiger partial charge in [-0.25, -0.2) is 0 Å². The van der Waals surface area contributed by atoms with Crippen molar-refractivity contribution in [3.05, 3.63) is 113 Å². The molecular weight excluding hydrogens is 378 g/mol. The van der Waals surface area contributed by atoms with Crippen LogP contribution in [0.2, 0.25) is 0 Å². The fourth-order valence-corrected chi connectivity index (χ4v) is 4.42. The Morgan fingerprint density at radius 3 is 2.35 bits per heavy atom. The molecule has 0 saturated carbocycles. The number of hydrogen-bond acceptors (Lipinski definition) is 3. The molecule has 1 unspecified atom stereocenters. The molecule has 2 aliphatic rings. The predicted octanol–water partition coefficient (Wildman–Crippen LogP) is 4.41. The van der Waals surface area contributed by atoms with Gasteiger partial charge in [-0.1, -0.05) is 80.6 Å². The predicted molar refractivity (Wildman–Crippen MR) is 133 cm³/mol. The molecule has 0 spiro atoms. The Labute approximate surface area is 184 Å². The lowest BCUT2D eigenvalue weighted by molar-refractivity contribution is 0.826. The maximum Gasteiger partial charge on any atom is 0.0633 e. The molecule has 3 heteroatoms. The Bertz CT molecular complexity index is 1250. The SMILES string of the molecule is CC.N/C=c1/cccc/c1=C(/N)C1=CCC2C(=C1)c1ccccc1N2c1ccccc1. The number of nitrogens with two attached hydrogens (primary N) is 2. The van der Waals surface area contributed by atoms with Crippen LogP contribution >= 0.6 is 0 Å². The monoisotopic (exact) mass is 407 g/mol. The van der Waals surface area contributed by atoms with Crippen LogP contribution in [0.5, 0.6) is 0 Å². The largest absolute Gasteiger partial charge is 0.404 e. The molecule has 1 atom stereocenters. The van der Waals surface area contributed by atoms with E-state index in [0.29, 0.717) is 0 Å². The van der Waals surface area contributed by atoms with Gasteiger partial charge < -0.3 is 16.4 Å². The van der Waals surface area contributed by atoms with Crippen LogP contribution in [0.15, 0.2) is 96.6 Å². The highest BCUT2D eigenvalue weighted by atomic mass is 15.2. The Kier molecular flexibility index (Phi) is 5.94.